The Bertz CT molecular complexity index is 1140. The lowest BCUT2D eigenvalue weighted by Crippen LogP contribution is -2.11. The van der Waals surface area contributed by atoms with Crippen LogP contribution in [0.2, 0.25) is 0 Å². The van der Waals surface area contributed by atoms with Crippen molar-refractivity contribution in [2.75, 3.05) is 18.2 Å². The second-order valence-electron chi connectivity index (χ2n) is 6.66. The minimum absolute atomic E-state index is 0.464. The zero-order valence-electron chi connectivity index (χ0n) is 16.8. The van der Waals surface area contributed by atoms with Crippen LogP contribution in [-0.2, 0) is 4.74 Å². The number of aromatic nitrogens is 1. The maximum absolute atomic E-state index is 12.1. The number of nitrogens with zero attached hydrogens (tertiary/aromatic N) is 1. The Morgan fingerprint density at radius 2 is 2.03 bits per heavy atom. The molecule has 4 rings (SSSR count). The number of thioether (sulfide) groups is 1. The average Bonchev–Trinajstić information content (AvgIpc) is 3.43. The van der Waals surface area contributed by atoms with E-state index in [1.165, 1.54) is 7.11 Å². The molecule has 0 atom stereocenters. The third-order valence-electron chi connectivity index (χ3n) is 4.63. The van der Waals surface area contributed by atoms with E-state index < -0.39 is 6.09 Å². The number of thiophene rings is 2. The number of benzene rings is 1. The summed E-state index contributed by atoms with van der Waals surface area (Å²) < 4.78 is 5.97. The van der Waals surface area contributed by atoms with Gasteiger partial charge in [0.05, 0.1) is 27.6 Å². The average molecular weight is 455 g/mol. The number of unbranched alkanes of at least 4 members (excludes halogenated alkanes) is 1. The number of hydrogen-bond donors (Lipinski definition) is 1. The van der Waals surface area contributed by atoms with E-state index in [4.69, 9.17) is 9.72 Å². The number of fused-ring (bicyclic) bond motifs is 1. The predicted molar refractivity (Wildman–Crippen MR) is 130 cm³/mol. The van der Waals surface area contributed by atoms with Crippen molar-refractivity contribution in [1.29, 1.82) is 0 Å². The van der Waals surface area contributed by atoms with Gasteiger partial charge in [-0.05, 0) is 40.8 Å². The van der Waals surface area contributed by atoms with E-state index >= 15 is 0 Å². The molecule has 7 heteroatoms. The summed E-state index contributed by atoms with van der Waals surface area (Å²) in [6, 6.07) is 16.5. The van der Waals surface area contributed by atoms with Crippen molar-refractivity contribution < 1.29 is 9.53 Å². The Hall–Kier alpha value is -2.35. The number of rotatable bonds is 7. The molecule has 3 heterocycles. The first-order valence-corrected chi connectivity index (χ1v) is 12.4. The topological polar surface area (TPSA) is 51.2 Å². The second-order valence-corrected chi connectivity index (χ2v) is 9.97. The molecule has 0 radical (unpaired) electrons. The van der Waals surface area contributed by atoms with E-state index in [0.717, 1.165) is 60.4 Å². The smallest absolute Gasteiger partial charge is 0.411 e. The monoisotopic (exact) mass is 454 g/mol. The van der Waals surface area contributed by atoms with Crippen molar-refractivity contribution >= 4 is 56.4 Å². The quantitative estimate of drug-likeness (QED) is 0.229. The van der Waals surface area contributed by atoms with Crippen LogP contribution in [0.5, 0.6) is 0 Å². The van der Waals surface area contributed by atoms with Crippen LogP contribution in [0.25, 0.3) is 31.9 Å². The first-order valence-electron chi connectivity index (χ1n) is 9.76. The summed E-state index contributed by atoms with van der Waals surface area (Å²) in [5, 5.41) is 6.00. The van der Waals surface area contributed by atoms with Gasteiger partial charge in [-0.1, -0.05) is 49.7 Å². The number of amides is 1. The molecule has 0 unspecified atom stereocenters. The third kappa shape index (κ3) is 4.38. The molecule has 0 aliphatic rings. The Balaban J connectivity index is 1.95. The Morgan fingerprint density at radius 1 is 1.20 bits per heavy atom. The van der Waals surface area contributed by atoms with Gasteiger partial charge in [0.25, 0.3) is 0 Å². The van der Waals surface area contributed by atoms with Gasteiger partial charge in [-0.25, -0.2) is 9.78 Å². The predicted octanol–water partition coefficient (Wildman–Crippen LogP) is 7.76. The lowest BCUT2D eigenvalue weighted by atomic mass is 10.0. The van der Waals surface area contributed by atoms with Crippen LogP contribution in [0.1, 0.15) is 19.8 Å². The molecule has 0 aliphatic heterocycles. The van der Waals surface area contributed by atoms with E-state index in [1.54, 1.807) is 34.4 Å². The van der Waals surface area contributed by atoms with Crippen molar-refractivity contribution in [2.45, 2.75) is 24.0 Å². The molecule has 0 spiro atoms. The summed E-state index contributed by atoms with van der Waals surface area (Å²) in [5.41, 5.74) is 3.91. The van der Waals surface area contributed by atoms with Gasteiger partial charge in [0.15, 0.2) is 0 Å². The van der Waals surface area contributed by atoms with Crippen LogP contribution in [0.3, 0.4) is 0 Å². The van der Waals surface area contributed by atoms with E-state index in [1.807, 2.05) is 24.3 Å². The molecule has 0 saturated heterocycles. The van der Waals surface area contributed by atoms with E-state index in [-0.39, 0.29) is 0 Å². The molecule has 4 aromatic rings. The van der Waals surface area contributed by atoms with Crippen LogP contribution in [-0.4, -0.2) is 23.9 Å². The van der Waals surface area contributed by atoms with Crippen LogP contribution >= 0.6 is 34.4 Å². The Kier molecular flexibility index (Phi) is 6.72. The lowest BCUT2D eigenvalue weighted by molar-refractivity contribution is 0.187. The fourth-order valence-electron chi connectivity index (χ4n) is 3.15. The van der Waals surface area contributed by atoms with Gasteiger partial charge < -0.3 is 4.74 Å². The highest BCUT2D eigenvalue weighted by atomic mass is 32.2. The Labute approximate surface area is 188 Å². The number of ether oxygens (including phenoxy) is 1. The number of pyridine rings is 1. The fraction of sp³-hybridized carbons (Fsp3) is 0.217. The molecule has 1 aromatic carbocycles. The first-order chi connectivity index (χ1) is 14.7. The minimum atomic E-state index is -0.464. The molecule has 154 valence electrons. The maximum atomic E-state index is 12.1. The van der Waals surface area contributed by atoms with E-state index in [2.05, 4.69) is 41.9 Å². The highest BCUT2D eigenvalue weighted by Crippen LogP contribution is 2.47. The highest BCUT2D eigenvalue weighted by Gasteiger charge is 2.21. The first kappa shape index (κ1) is 20.9. The van der Waals surface area contributed by atoms with Crippen LogP contribution in [0, 0.1) is 0 Å². The third-order valence-corrected chi connectivity index (χ3v) is 7.96. The summed E-state index contributed by atoms with van der Waals surface area (Å²) in [7, 11) is 1.39. The molecule has 3 aromatic heterocycles. The minimum Gasteiger partial charge on any atom is -0.453 e. The van der Waals surface area contributed by atoms with Crippen molar-refractivity contribution in [2.24, 2.45) is 0 Å². The van der Waals surface area contributed by atoms with Crippen molar-refractivity contribution in [3.05, 3.63) is 53.9 Å². The summed E-state index contributed by atoms with van der Waals surface area (Å²) in [6.07, 6.45) is 1.79. The number of nitrogens with one attached hydrogen (secondary N) is 1. The molecule has 0 fully saturated rings. The molecule has 0 saturated carbocycles. The number of hydrogen-bond acceptors (Lipinski definition) is 6. The van der Waals surface area contributed by atoms with Crippen LogP contribution in [0.15, 0.2) is 58.1 Å². The molecular weight excluding hydrogens is 432 g/mol. The Morgan fingerprint density at radius 3 is 2.73 bits per heavy atom. The highest BCUT2D eigenvalue weighted by molar-refractivity contribution is 8.01. The van der Waals surface area contributed by atoms with Gasteiger partial charge in [0, 0.05) is 5.39 Å². The molecule has 0 bridgehead atoms. The van der Waals surface area contributed by atoms with Gasteiger partial charge in [-0.15, -0.1) is 34.4 Å². The van der Waals surface area contributed by atoms with Gasteiger partial charge in [0.1, 0.15) is 4.83 Å². The van der Waals surface area contributed by atoms with Crippen LogP contribution < -0.4 is 5.32 Å². The zero-order valence-corrected chi connectivity index (χ0v) is 19.3. The normalized spacial score (nSPS) is 11.0. The summed E-state index contributed by atoms with van der Waals surface area (Å²) in [6.45, 7) is 2.18. The standard InChI is InChI=1S/C23H22N2O2S3/c1-3-4-12-29-22-20(25-23(26)27-2)19-16(15-9-6-5-7-10-15)14-17(24-21(19)30-22)18-11-8-13-28-18/h5-11,13-14H,3-4,12H2,1-2H3,(H,25,26). The van der Waals surface area contributed by atoms with Crippen molar-refractivity contribution in [3.63, 3.8) is 0 Å². The van der Waals surface area contributed by atoms with E-state index in [9.17, 15) is 4.79 Å². The van der Waals surface area contributed by atoms with Gasteiger partial charge in [-0.3, -0.25) is 5.32 Å². The lowest BCUT2D eigenvalue weighted by Gasteiger charge is -2.10. The molecule has 0 aliphatic carbocycles. The second kappa shape index (κ2) is 9.64. The van der Waals surface area contributed by atoms with Gasteiger partial charge >= 0.3 is 6.09 Å². The molecule has 1 N–H and O–H groups in total. The molecular formula is C23H22N2O2S3. The number of carbonyl (C=O) groups excluding carboxylic acids is 1. The molecule has 1 amide bonds. The summed E-state index contributed by atoms with van der Waals surface area (Å²) in [5.74, 6) is 0.998. The summed E-state index contributed by atoms with van der Waals surface area (Å²) in [4.78, 5) is 19.2. The summed E-state index contributed by atoms with van der Waals surface area (Å²) >= 11 is 5.08. The SMILES string of the molecule is CCCCSc1sc2nc(-c3cccs3)cc(-c3ccccc3)c2c1NC(=O)OC. The number of carbonyl (C=O) groups is 1. The molecule has 4 nitrogen and oxygen atoms in total. The number of anilines is 1. The van der Waals surface area contributed by atoms with Gasteiger partial charge in [-0.2, -0.15) is 0 Å². The maximum Gasteiger partial charge on any atom is 0.411 e. The fourth-order valence-corrected chi connectivity index (χ4v) is 6.36. The van der Waals surface area contributed by atoms with Crippen molar-refractivity contribution in [1.82, 2.24) is 4.98 Å². The van der Waals surface area contributed by atoms with Gasteiger partial charge in [0.2, 0.25) is 0 Å². The number of methoxy groups -OCH3 is 1. The largest absolute Gasteiger partial charge is 0.453 e. The van der Waals surface area contributed by atoms with Crippen molar-refractivity contribution in [3.8, 4) is 21.7 Å². The zero-order chi connectivity index (χ0) is 20.9. The van der Waals surface area contributed by atoms with Crippen LogP contribution in [0.4, 0.5) is 10.5 Å². The molecule has 30 heavy (non-hydrogen) atoms. The van der Waals surface area contributed by atoms with E-state index in [0.29, 0.717) is 0 Å².